The maximum absolute atomic E-state index is 12.4. The van der Waals surface area contributed by atoms with Crippen molar-refractivity contribution in [1.82, 2.24) is 9.80 Å². The summed E-state index contributed by atoms with van der Waals surface area (Å²) in [6, 6.07) is 6.48. The lowest BCUT2D eigenvalue weighted by Crippen LogP contribution is -2.46. The number of carbonyl (C=O) groups is 2. The van der Waals surface area contributed by atoms with Gasteiger partial charge in [-0.05, 0) is 12.5 Å². The second-order valence-corrected chi connectivity index (χ2v) is 5.52. The summed E-state index contributed by atoms with van der Waals surface area (Å²) in [6.45, 7) is 2.45. The molecule has 2 N–H and O–H groups in total. The fourth-order valence-corrected chi connectivity index (χ4v) is 2.51. The largest absolute Gasteiger partial charge is 0.480 e. The van der Waals surface area contributed by atoms with E-state index in [0.29, 0.717) is 6.54 Å². The Morgan fingerprint density at radius 2 is 1.95 bits per heavy atom. The van der Waals surface area contributed by atoms with E-state index in [9.17, 15) is 14.7 Å². The van der Waals surface area contributed by atoms with Crippen LogP contribution in [0.2, 0.25) is 0 Å². The third kappa shape index (κ3) is 3.52. The van der Waals surface area contributed by atoms with Crippen LogP contribution >= 0.6 is 0 Å². The lowest BCUT2D eigenvalue weighted by atomic mass is 10.1. The minimum atomic E-state index is -1.08. The van der Waals surface area contributed by atoms with Gasteiger partial charge >= 0.3 is 12.0 Å². The monoisotopic (exact) mass is 292 g/mol. The van der Waals surface area contributed by atoms with Crippen LogP contribution in [0.5, 0.6) is 0 Å². The molecule has 0 aromatic heterocycles. The highest BCUT2D eigenvalue weighted by Crippen LogP contribution is 2.20. The molecule has 1 heterocycles. The number of carboxylic acids is 1. The molecule has 1 aromatic carbocycles. The quantitative estimate of drug-likeness (QED) is 0.873. The zero-order valence-electron chi connectivity index (χ0n) is 12.2. The van der Waals surface area contributed by atoms with E-state index >= 15 is 0 Å². The molecule has 6 heteroatoms. The Balaban J connectivity index is 2.04. The van der Waals surface area contributed by atoms with Gasteiger partial charge in [-0.1, -0.05) is 29.8 Å². The summed E-state index contributed by atoms with van der Waals surface area (Å²) in [5, 5.41) is 18.7. The zero-order valence-corrected chi connectivity index (χ0v) is 12.2. The second kappa shape index (κ2) is 6.13. The first-order chi connectivity index (χ1) is 9.88. The Morgan fingerprint density at radius 3 is 2.52 bits per heavy atom. The number of amides is 2. The Bertz CT molecular complexity index is 529. The molecule has 2 amide bonds. The average molecular weight is 292 g/mol. The topological polar surface area (TPSA) is 81.1 Å². The van der Waals surface area contributed by atoms with E-state index in [1.807, 2.05) is 31.2 Å². The van der Waals surface area contributed by atoms with Gasteiger partial charge in [-0.2, -0.15) is 0 Å². The molecular formula is C15H20N2O4. The number of hydrogen-bond acceptors (Lipinski definition) is 3. The van der Waals surface area contributed by atoms with Crippen molar-refractivity contribution in [3.8, 4) is 0 Å². The molecule has 6 nitrogen and oxygen atoms in total. The molecule has 1 unspecified atom stereocenters. The summed E-state index contributed by atoms with van der Waals surface area (Å²) in [6.07, 6.45) is -0.692. The maximum atomic E-state index is 12.4. The van der Waals surface area contributed by atoms with E-state index < -0.39 is 18.1 Å². The van der Waals surface area contributed by atoms with E-state index in [0.717, 1.165) is 11.1 Å². The molecule has 2 rings (SSSR count). The van der Waals surface area contributed by atoms with Crippen molar-refractivity contribution >= 4 is 12.0 Å². The Labute approximate surface area is 123 Å². The SMILES string of the molecule is Cc1ccc(CN(C)C(=O)N2CC(O)C[C@H]2C(=O)O)cc1. The van der Waals surface area contributed by atoms with Crippen LogP contribution in [0, 0.1) is 6.92 Å². The molecule has 21 heavy (non-hydrogen) atoms. The summed E-state index contributed by atoms with van der Waals surface area (Å²) in [4.78, 5) is 26.2. The number of rotatable bonds is 3. The van der Waals surface area contributed by atoms with Crippen molar-refractivity contribution in [2.45, 2.75) is 32.0 Å². The number of aryl methyl sites for hydroxylation is 1. The molecule has 1 fully saturated rings. The number of hydrogen-bond donors (Lipinski definition) is 2. The van der Waals surface area contributed by atoms with Crippen molar-refractivity contribution in [1.29, 1.82) is 0 Å². The van der Waals surface area contributed by atoms with Crippen LogP contribution in [-0.2, 0) is 11.3 Å². The summed E-state index contributed by atoms with van der Waals surface area (Å²) < 4.78 is 0. The number of aliphatic carboxylic acids is 1. The van der Waals surface area contributed by atoms with Crippen LogP contribution in [0.4, 0.5) is 4.79 Å². The molecule has 1 aliphatic rings. The summed E-state index contributed by atoms with van der Waals surface area (Å²) >= 11 is 0. The molecule has 2 atom stereocenters. The highest BCUT2D eigenvalue weighted by molar-refractivity contribution is 5.83. The first-order valence-electron chi connectivity index (χ1n) is 6.86. The molecule has 0 saturated carbocycles. The van der Waals surface area contributed by atoms with Crippen LogP contribution < -0.4 is 0 Å². The van der Waals surface area contributed by atoms with Crippen molar-refractivity contribution in [2.75, 3.05) is 13.6 Å². The van der Waals surface area contributed by atoms with Crippen molar-refractivity contribution in [3.05, 3.63) is 35.4 Å². The molecule has 0 spiro atoms. The summed E-state index contributed by atoms with van der Waals surface area (Å²) in [5.41, 5.74) is 2.12. The van der Waals surface area contributed by atoms with E-state index in [1.54, 1.807) is 7.05 Å². The third-order valence-electron chi connectivity index (χ3n) is 3.68. The number of carboxylic acid groups (broad SMARTS) is 1. The van der Waals surface area contributed by atoms with Gasteiger partial charge in [-0.15, -0.1) is 0 Å². The predicted octanol–water partition coefficient (Wildman–Crippen LogP) is 1.07. The number of aliphatic hydroxyl groups is 1. The van der Waals surface area contributed by atoms with Gasteiger partial charge in [0.15, 0.2) is 0 Å². The fraction of sp³-hybridized carbons (Fsp3) is 0.467. The standard InChI is InChI=1S/C15H20N2O4/c1-10-3-5-11(6-4-10)8-16(2)15(21)17-9-12(18)7-13(17)14(19)20/h3-6,12-13,18H,7-9H2,1-2H3,(H,19,20)/t12?,13-/m0/s1. The Hall–Kier alpha value is -2.08. The van der Waals surface area contributed by atoms with Crippen LogP contribution in [-0.4, -0.2) is 57.8 Å². The summed E-state index contributed by atoms with van der Waals surface area (Å²) in [5.74, 6) is -1.08. The van der Waals surface area contributed by atoms with E-state index in [-0.39, 0.29) is 19.0 Å². The molecule has 0 bridgehead atoms. The highest BCUT2D eigenvalue weighted by atomic mass is 16.4. The van der Waals surface area contributed by atoms with Crippen LogP contribution in [0.25, 0.3) is 0 Å². The van der Waals surface area contributed by atoms with Crippen molar-refractivity contribution in [2.24, 2.45) is 0 Å². The van der Waals surface area contributed by atoms with Gasteiger partial charge in [0.2, 0.25) is 0 Å². The fourth-order valence-electron chi connectivity index (χ4n) is 2.51. The van der Waals surface area contributed by atoms with Crippen LogP contribution in [0.15, 0.2) is 24.3 Å². The number of β-amino-alcohol motifs (C(OH)–C–C–N with tert-alkyl or cyclic N) is 1. The second-order valence-electron chi connectivity index (χ2n) is 5.52. The minimum absolute atomic E-state index is 0.0635. The molecule has 1 aliphatic heterocycles. The van der Waals surface area contributed by atoms with Crippen LogP contribution in [0.3, 0.4) is 0 Å². The van der Waals surface area contributed by atoms with Gasteiger partial charge in [-0.25, -0.2) is 9.59 Å². The van der Waals surface area contributed by atoms with Gasteiger partial charge in [-0.3, -0.25) is 0 Å². The number of nitrogens with zero attached hydrogens (tertiary/aromatic N) is 2. The number of benzene rings is 1. The molecule has 1 saturated heterocycles. The molecule has 114 valence electrons. The first kappa shape index (κ1) is 15.3. The minimum Gasteiger partial charge on any atom is -0.480 e. The first-order valence-corrected chi connectivity index (χ1v) is 6.86. The third-order valence-corrected chi connectivity index (χ3v) is 3.68. The van der Waals surface area contributed by atoms with Gasteiger partial charge in [0, 0.05) is 26.6 Å². The Morgan fingerprint density at radius 1 is 1.33 bits per heavy atom. The molecule has 1 aromatic rings. The van der Waals surface area contributed by atoms with Crippen molar-refractivity contribution < 1.29 is 19.8 Å². The zero-order chi connectivity index (χ0) is 15.6. The Kier molecular flexibility index (Phi) is 4.47. The maximum Gasteiger partial charge on any atom is 0.326 e. The van der Waals surface area contributed by atoms with E-state index in [4.69, 9.17) is 5.11 Å². The van der Waals surface area contributed by atoms with E-state index in [2.05, 4.69) is 0 Å². The molecule has 0 radical (unpaired) electrons. The summed E-state index contributed by atoms with van der Waals surface area (Å²) in [7, 11) is 1.63. The lowest BCUT2D eigenvalue weighted by molar-refractivity contribution is -0.141. The van der Waals surface area contributed by atoms with Gasteiger partial charge in [0.05, 0.1) is 6.10 Å². The van der Waals surface area contributed by atoms with Crippen LogP contribution in [0.1, 0.15) is 17.5 Å². The smallest absolute Gasteiger partial charge is 0.326 e. The lowest BCUT2D eigenvalue weighted by Gasteiger charge is -2.27. The number of aliphatic hydroxyl groups excluding tert-OH is 1. The normalized spacial score (nSPS) is 21.4. The predicted molar refractivity (Wildman–Crippen MR) is 76.8 cm³/mol. The van der Waals surface area contributed by atoms with Gasteiger partial charge in [0.1, 0.15) is 6.04 Å². The van der Waals surface area contributed by atoms with E-state index in [1.165, 1.54) is 9.80 Å². The number of likely N-dealkylation sites (tertiary alicyclic amines) is 1. The number of carbonyl (C=O) groups excluding carboxylic acids is 1. The average Bonchev–Trinajstić information content (AvgIpc) is 2.82. The van der Waals surface area contributed by atoms with Crippen molar-refractivity contribution in [3.63, 3.8) is 0 Å². The van der Waals surface area contributed by atoms with Gasteiger partial charge < -0.3 is 20.0 Å². The molecule has 0 aliphatic carbocycles. The van der Waals surface area contributed by atoms with Gasteiger partial charge in [0.25, 0.3) is 0 Å². The molecular weight excluding hydrogens is 272 g/mol. The number of urea groups is 1. The highest BCUT2D eigenvalue weighted by Gasteiger charge is 2.39.